The highest BCUT2D eigenvalue weighted by Crippen LogP contribution is 2.03. The van der Waals surface area contributed by atoms with E-state index in [2.05, 4.69) is 39.4 Å². The molecule has 1 aromatic rings. The predicted molar refractivity (Wildman–Crippen MR) is 118 cm³/mol. The van der Waals surface area contributed by atoms with Gasteiger partial charge in [0.15, 0.2) is 5.96 Å². The first kappa shape index (κ1) is 23.1. The van der Waals surface area contributed by atoms with Gasteiger partial charge in [0.25, 0.3) is 0 Å². The van der Waals surface area contributed by atoms with E-state index < -0.39 is 0 Å². The Balaban J connectivity index is 0.00000338. The fourth-order valence-corrected chi connectivity index (χ4v) is 2.94. The minimum absolute atomic E-state index is 0. The van der Waals surface area contributed by atoms with Gasteiger partial charge in [-0.05, 0) is 57.6 Å². The molecule has 7 heteroatoms. The van der Waals surface area contributed by atoms with Crippen LogP contribution >= 0.6 is 24.0 Å². The van der Waals surface area contributed by atoms with Gasteiger partial charge in [0.05, 0.1) is 6.54 Å². The smallest absolute Gasteiger partial charge is 0.191 e. The maximum atomic E-state index is 12.9. The monoisotopic (exact) mass is 477 g/mol. The summed E-state index contributed by atoms with van der Waals surface area (Å²) in [6.07, 6.45) is 2.08. The Labute approximate surface area is 174 Å². The molecule has 148 valence electrons. The molecule has 1 saturated heterocycles. The number of aliphatic imine (C=N–C) groups is 1. The first-order valence-electron chi connectivity index (χ1n) is 9.35. The molecular formula is C19H33FIN5. The standard InChI is InChI=1S/C19H32FN5.HI/c1-3-21-19(22-10-9-17-5-7-18(20)8-6-17)23-11-14-25-13-4-12-24(2)15-16-25;/h5-8H,3-4,9-16H2,1-2H3,(H2,21,22,23);1H. The van der Waals surface area contributed by atoms with Crippen molar-refractivity contribution >= 4 is 29.9 Å². The van der Waals surface area contributed by atoms with Crippen LogP contribution in [0.2, 0.25) is 0 Å². The lowest BCUT2D eigenvalue weighted by molar-refractivity contribution is 0.283. The Morgan fingerprint density at radius 2 is 1.88 bits per heavy atom. The van der Waals surface area contributed by atoms with Crippen LogP contribution in [0.4, 0.5) is 4.39 Å². The lowest BCUT2D eigenvalue weighted by Gasteiger charge is -2.19. The fourth-order valence-electron chi connectivity index (χ4n) is 2.94. The number of hydrogen-bond donors (Lipinski definition) is 2. The first-order chi connectivity index (χ1) is 12.2. The van der Waals surface area contributed by atoms with Crippen LogP contribution in [-0.4, -0.2) is 75.2 Å². The summed E-state index contributed by atoms with van der Waals surface area (Å²) in [5.41, 5.74) is 1.12. The molecule has 1 aromatic carbocycles. The zero-order chi connectivity index (χ0) is 17.9. The van der Waals surface area contributed by atoms with Gasteiger partial charge in [0, 0.05) is 32.7 Å². The van der Waals surface area contributed by atoms with Crippen molar-refractivity contribution in [2.75, 3.05) is 59.4 Å². The summed E-state index contributed by atoms with van der Waals surface area (Å²) in [5, 5.41) is 6.65. The number of hydrogen-bond acceptors (Lipinski definition) is 3. The van der Waals surface area contributed by atoms with Crippen molar-refractivity contribution in [3.05, 3.63) is 35.6 Å². The molecule has 0 spiro atoms. The molecule has 0 radical (unpaired) electrons. The second-order valence-corrected chi connectivity index (χ2v) is 6.56. The minimum atomic E-state index is -0.189. The van der Waals surface area contributed by atoms with Gasteiger partial charge in [0.1, 0.15) is 5.82 Å². The quantitative estimate of drug-likeness (QED) is 0.359. The van der Waals surface area contributed by atoms with Crippen LogP contribution in [0, 0.1) is 5.82 Å². The third-order valence-electron chi connectivity index (χ3n) is 4.46. The normalized spacial score (nSPS) is 16.7. The molecule has 1 aliphatic rings. The largest absolute Gasteiger partial charge is 0.357 e. The van der Waals surface area contributed by atoms with Crippen molar-refractivity contribution in [2.24, 2.45) is 4.99 Å². The topological polar surface area (TPSA) is 42.9 Å². The summed E-state index contributed by atoms with van der Waals surface area (Å²) in [6.45, 7) is 10.1. The maximum absolute atomic E-state index is 12.9. The zero-order valence-corrected chi connectivity index (χ0v) is 18.3. The Morgan fingerprint density at radius 1 is 1.12 bits per heavy atom. The molecule has 0 aromatic heterocycles. The van der Waals surface area contributed by atoms with Crippen LogP contribution in [0.3, 0.4) is 0 Å². The average Bonchev–Trinajstić information content (AvgIpc) is 2.81. The molecule has 0 aliphatic carbocycles. The van der Waals surface area contributed by atoms with Crippen molar-refractivity contribution in [2.45, 2.75) is 19.8 Å². The van der Waals surface area contributed by atoms with Gasteiger partial charge in [-0.3, -0.25) is 4.99 Å². The molecule has 0 amide bonds. The van der Waals surface area contributed by atoms with Crippen LogP contribution in [0.1, 0.15) is 18.9 Å². The zero-order valence-electron chi connectivity index (χ0n) is 16.0. The second kappa shape index (κ2) is 13.3. The molecule has 5 nitrogen and oxygen atoms in total. The van der Waals surface area contributed by atoms with Gasteiger partial charge >= 0.3 is 0 Å². The van der Waals surface area contributed by atoms with Gasteiger partial charge in [-0.1, -0.05) is 12.1 Å². The molecule has 0 unspecified atom stereocenters. The molecule has 1 aliphatic heterocycles. The summed E-state index contributed by atoms with van der Waals surface area (Å²) < 4.78 is 12.9. The van der Waals surface area contributed by atoms with Gasteiger partial charge in [0.2, 0.25) is 0 Å². The number of nitrogens with one attached hydrogen (secondary N) is 2. The van der Waals surface area contributed by atoms with Crippen LogP contribution in [0.15, 0.2) is 29.3 Å². The number of guanidine groups is 1. The molecule has 1 heterocycles. The van der Waals surface area contributed by atoms with Crippen LogP contribution in [0.5, 0.6) is 0 Å². The van der Waals surface area contributed by atoms with E-state index in [0.29, 0.717) is 0 Å². The van der Waals surface area contributed by atoms with Crippen molar-refractivity contribution in [1.82, 2.24) is 20.4 Å². The predicted octanol–water partition coefficient (Wildman–Crippen LogP) is 2.18. The van der Waals surface area contributed by atoms with Crippen molar-refractivity contribution in [3.8, 4) is 0 Å². The average molecular weight is 477 g/mol. The van der Waals surface area contributed by atoms with Crippen molar-refractivity contribution in [1.29, 1.82) is 0 Å². The number of benzene rings is 1. The summed E-state index contributed by atoms with van der Waals surface area (Å²) in [6, 6.07) is 6.68. The molecule has 0 saturated carbocycles. The van der Waals surface area contributed by atoms with Gasteiger partial charge < -0.3 is 20.4 Å². The molecule has 1 fully saturated rings. The van der Waals surface area contributed by atoms with E-state index in [4.69, 9.17) is 0 Å². The fraction of sp³-hybridized carbons (Fsp3) is 0.632. The van der Waals surface area contributed by atoms with E-state index >= 15 is 0 Å². The van der Waals surface area contributed by atoms with E-state index in [1.807, 2.05) is 12.1 Å². The first-order valence-corrected chi connectivity index (χ1v) is 9.35. The Bertz CT molecular complexity index is 523. The molecule has 2 N–H and O–H groups in total. The van der Waals surface area contributed by atoms with E-state index in [-0.39, 0.29) is 29.8 Å². The lowest BCUT2D eigenvalue weighted by atomic mass is 10.1. The van der Waals surface area contributed by atoms with E-state index in [9.17, 15) is 4.39 Å². The highest BCUT2D eigenvalue weighted by atomic mass is 127. The van der Waals surface area contributed by atoms with Crippen LogP contribution < -0.4 is 10.6 Å². The van der Waals surface area contributed by atoms with Crippen LogP contribution in [0.25, 0.3) is 0 Å². The second-order valence-electron chi connectivity index (χ2n) is 6.56. The van der Waals surface area contributed by atoms with E-state index in [0.717, 1.165) is 63.8 Å². The number of likely N-dealkylation sites (N-methyl/N-ethyl adjacent to an activating group) is 1. The van der Waals surface area contributed by atoms with Crippen LogP contribution in [-0.2, 0) is 6.42 Å². The van der Waals surface area contributed by atoms with Gasteiger partial charge in [-0.15, -0.1) is 24.0 Å². The number of rotatable bonds is 7. The van der Waals surface area contributed by atoms with Crippen molar-refractivity contribution in [3.63, 3.8) is 0 Å². The third-order valence-corrected chi connectivity index (χ3v) is 4.46. The van der Waals surface area contributed by atoms with Crippen molar-refractivity contribution < 1.29 is 4.39 Å². The molecule has 0 bridgehead atoms. The summed E-state index contributed by atoms with van der Waals surface area (Å²) in [4.78, 5) is 9.57. The van der Waals surface area contributed by atoms with E-state index in [1.165, 1.54) is 25.1 Å². The summed E-state index contributed by atoms with van der Waals surface area (Å²) >= 11 is 0. The highest BCUT2D eigenvalue weighted by molar-refractivity contribution is 14.0. The maximum Gasteiger partial charge on any atom is 0.191 e. The Morgan fingerprint density at radius 3 is 2.62 bits per heavy atom. The Kier molecular flexibility index (Phi) is 11.8. The van der Waals surface area contributed by atoms with Gasteiger partial charge in [-0.25, -0.2) is 4.39 Å². The minimum Gasteiger partial charge on any atom is -0.357 e. The van der Waals surface area contributed by atoms with E-state index in [1.54, 1.807) is 0 Å². The highest BCUT2D eigenvalue weighted by Gasteiger charge is 2.11. The number of nitrogens with zero attached hydrogens (tertiary/aromatic N) is 3. The molecular weight excluding hydrogens is 444 g/mol. The molecule has 2 rings (SSSR count). The third kappa shape index (κ3) is 9.14. The number of halogens is 2. The lowest BCUT2D eigenvalue weighted by Crippen LogP contribution is -2.39. The Hall–Kier alpha value is -0.930. The summed E-state index contributed by atoms with van der Waals surface area (Å²) in [7, 11) is 2.19. The van der Waals surface area contributed by atoms with Gasteiger partial charge in [-0.2, -0.15) is 0 Å². The molecule has 0 atom stereocenters. The molecule has 26 heavy (non-hydrogen) atoms. The SMILES string of the molecule is CCNC(=NCCN1CCCN(C)CC1)NCCc1ccc(F)cc1.I. The summed E-state index contributed by atoms with van der Waals surface area (Å²) in [5.74, 6) is 0.669.